The molecule has 2 N–H and O–H groups in total. The molecule has 0 bridgehead atoms. The highest BCUT2D eigenvalue weighted by Gasteiger charge is 2.34. The summed E-state index contributed by atoms with van der Waals surface area (Å²) in [7, 11) is 0. The van der Waals surface area contributed by atoms with Crippen LogP contribution < -0.4 is 10.6 Å². The summed E-state index contributed by atoms with van der Waals surface area (Å²) in [6.45, 7) is 0.738. The molecule has 3 aliphatic rings. The number of fused-ring (bicyclic) bond motifs is 1. The lowest BCUT2D eigenvalue weighted by molar-refractivity contribution is -0.122. The van der Waals surface area contributed by atoms with Crippen LogP contribution in [0.25, 0.3) is 0 Å². The van der Waals surface area contributed by atoms with E-state index in [1.54, 1.807) is 6.08 Å². The molecule has 0 unspecified atom stereocenters. The van der Waals surface area contributed by atoms with E-state index in [-0.39, 0.29) is 23.7 Å². The van der Waals surface area contributed by atoms with E-state index in [0.29, 0.717) is 18.3 Å². The third-order valence-corrected chi connectivity index (χ3v) is 6.58. The molecule has 4 heteroatoms. The predicted octanol–water partition coefficient (Wildman–Crippen LogP) is 3.63. The predicted molar refractivity (Wildman–Crippen MR) is 107 cm³/mol. The van der Waals surface area contributed by atoms with Crippen LogP contribution in [-0.2, 0) is 16.0 Å². The van der Waals surface area contributed by atoms with Gasteiger partial charge >= 0.3 is 0 Å². The summed E-state index contributed by atoms with van der Waals surface area (Å²) >= 11 is 0. The van der Waals surface area contributed by atoms with Crippen LogP contribution in [0.1, 0.15) is 50.5 Å². The number of hydrogen-bond acceptors (Lipinski definition) is 3. The average molecular weight is 367 g/mol. The number of hydrogen-bond donors (Lipinski definition) is 1. The number of nitrogens with two attached hydrogens (primary N) is 1. The van der Waals surface area contributed by atoms with Crippen molar-refractivity contribution in [1.29, 1.82) is 0 Å². The number of allylic oxidation sites excluding steroid dienone is 1. The highest BCUT2D eigenvalue weighted by molar-refractivity contribution is 6.03. The fourth-order valence-electron chi connectivity index (χ4n) is 4.73. The van der Waals surface area contributed by atoms with Crippen molar-refractivity contribution in [3.8, 4) is 0 Å². The maximum Gasteiger partial charge on any atom is 0.250 e. The SMILES string of the molecule is N[C@H](C(=O)C[C@H](/C=C/C(=O)N1CCc2ccccc21)C1CC1)C1CCCC1. The Balaban J connectivity index is 1.38. The number of anilines is 1. The maximum atomic E-state index is 12.7. The van der Waals surface area contributed by atoms with Crippen molar-refractivity contribution in [2.45, 2.75) is 57.4 Å². The lowest BCUT2D eigenvalue weighted by Gasteiger charge is -2.20. The summed E-state index contributed by atoms with van der Waals surface area (Å²) < 4.78 is 0. The third kappa shape index (κ3) is 4.16. The molecule has 1 aliphatic heterocycles. The van der Waals surface area contributed by atoms with Gasteiger partial charge in [-0.3, -0.25) is 9.59 Å². The molecular formula is C23H30N2O2. The van der Waals surface area contributed by atoms with Crippen molar-refractivity contribution in [3.63, 3.8) is 0 Å². The number of benzene rings is 1. The Kier molecular flexibility index (Phi) is 5.44. The smallest absolute Gasteiger partial charge is 0.250 e. The number of Topliss-reactive ketones (excluding diaryl/α,β-unsaturated/α-hetero) is 1. The summed E-state index contributed by atoms with van der Waals surface area (Å²) in [4.78, 5) is 27.2. The second-order valence-corrected chi connectivity index (χ2v) is 8.47. The van der Waals surface area contributed by atoms with Gasteiger partial charge in [0.15, 0.2) is 0 Å². The molecule has 27 heavy (non-hydrogen) atoms. The van der Waals surface area contributed by atoms with Gasteiger partial charge < -0.3 is 10.6 Å². The topological polar surface area (TPSA) is 63.4 Å². The zero-order chi connectivity index (χ0) is 18.8. The Bertz CT molecular complexity index is 732. The molecule has 1 amide bonds. The van der Waals surface area contributed by atoms with E-state index in [0.717, 1.165) is 44.3 Å². The van der Waals surface area contributed by atoms with Crippen LogP contribution in [0.4, 0.5) is 5.69 Å². The zero-order valence-electron chi connectivity index (χ0n) is 16.0. The Morgan fingerprint density at radius 2 is 1.85 bits per heavy atom. The average Bonchev–Trinajstić information content (AvgIpc) is 3.20. The van der Waals surface area contributed by atoms with Crippen LogP contribution in [0.3, 0.4) is 0 Å². The van der Waals surface area contributed by atoms with Crippen molar-refractivity contribution < 1.29 is 9.59 Å². The quantitative estimate of drug-likeness (QED) is 0.750. The van der Waals surface area contributed by atoms with Gasteiger partial charge in [-0.05, 0) is 67.6 Å². The monoisotopic (exact) mass is 366 g/mol. The normalized spacial score (nSPS) is 22.2. The fourth-order valence-corrected chi connectivity index (χ4v) is 4.73. The minimum Gasteiger partial charge on any atom is -0.321 e. The molecular weight excluding hydrogens is 336 g/mol. The number of amides is 1. The van der Waals surface area contributed by atoms with Gasteiger partial charge in [0.05, 0.1) is 6.04 Å². The van der Waals surface area contributed by atoms with E-state index in [9.17, 15) is 9.59 Å². The van der Waals surface area contributed by atoms with E-state index in [4.69, 9.17) is 5.73 Å². The first-order valence-electron chi connectivity index (χ1n) is 10.5. The summed E-state index contributed by atoms with van der Waals surface area (Å²) in [6.07, 6.45) is 12.0. The summed E-state index contributed by atoms with van der Waals surface area (Å²) in [5.74, 6) is 1.27. The van der Waals surface area contributed by atoms with E-state index >= 15 is 0 Å². The molecule has 1 heterocycles. The zero-order valence-corrected chi connectivity index (χ0v) is 16.0. The van der Waals surface area contributed by atoms with Gasteiger partial charge in [0.25, 0.3) is 5.91 Å². The molecule has 0 radical (unpaired) electrons. The largest absolute Gasteiger partial charge is 0.321 e. The number of carbonyl (C=O) groups is 2. The van der Waals surface area contributed by atoms with Gasteiger partial charge in [-0.15, -0.1) is 0 Å². The Labute approximate surface area is 161 Å². The number of ketones is 1. The van der Waals surface area contributed by atoms with Crippen LogP contribution in [0.5, 0.6) is 0 Å². The molecule has 2 atom stereocenters. The van der Waals surface area contributed by atoms with Crippen molar-refractivity contribution in [3.05, 3.63) is 42.0 Å². The van der Waals surface area contributed by atoms with Gasteiger partial charge in [0.2, 0.25) is 0 Å². The number of para-hydroxylation sites is 1. The van der Waals surface area contributed by atoms with E-state index in [2.05, 4.69) is 6.07 Å². The second kappa shape index (κ2) is 7.97. The molecule has 1 aromatic rings. The number of nitrogens with zero attached hydrogens (tertiary/aromatic N) is 1. The number of carbonyl (C=O) groups excluding carboxylic acids is 2. The highest BCUT2D eigenvalue weighted by Crippen LogP contribution is 2.40. The first kappa shape index (κ1) is 18.4. The van der Waals surface area contributed by atoms with Gasteiger partial charge in [-0.2, -0.15) is 0 Å². The summed E-state index contributed by atoms with van der Waals surface area (Å²) in [5, 5.41) is 0. The van der Waals surface area contributed by atoms with Crippen LogP contribution in [0.2, 0.25) is 0 Å². The molecule has 0 spiro atoms. The van der Waals surface area contributed by atoms with Crippen molar-refractivity contribution in [2.24, 2.45) is 23.5 Å². The Morgan fingerprint density at radius 1 is 1.11 bits per heavy atom. The summed E-state index contributed by atoms with van der Waals surface area (Å²) in [5.41, 5.74) is 8.51. The Morgan fingerprint density at radius 3 is 2.59 bits per heavy atom. The fraction of sp³-hybridized carbons (Fsp3) is 0.565. The van der Waals surface area contributed by atoms with Crippen molar-refractivity contribution in [2.75, 3.05) is 11.4 Å². The minimum atomic E-state index is -0.316. The highest BCUT2D eigenvalue weighted by atomic mass is 16.2. The molecule has 2 saturated carbocycles. The molecule has 0 aromatic heterocycles. The second-order valence-electron chi connectivity index (χ2n) is 8.47. The van der Waals surface area contributed by atoms with Gasteiger partial charge in [-0.25, -0.2) is 0 Å². The van der Waals surface area contributed by atoms with E-state index in [1.165, 1.54) is 18.4 Å². The standard InChI is InChI=1S/C23H30N2O2/c24-23(18-6-1-2-7-18)21(26)15-19(16-9-10-16)11-12-22(27)25-14-13-17-5-3-4-8-20(17)25/h3-5,8,11-12,16,18-19,23H,1-2,6-7,9-10,13-15,24H2/b12-11+/t19-,23-/m0/s1. The Hall–Kier alpha value is -1.94. The van der Waals surface area contributed by atoms with Crippen LogP contribution in [0, 0.1) is 17.8 Å². The van der Waals surface area contributed by atoms with Gasteiger partial charge in [0.1, 0.15) is 5.78 Å². The molecule has 2 fully saturated rings. The lowest BCUT2D eigenvalue weighted by Crippen LogP contribution is -2.38. The molecule has 144 valence electrons. The minimum absolute atomic E-state index is 0.0261. The van der Waals surface area contributed by atoms with Gasteiger partial charge in [-0.1, -0.05) is 37.1 Å². The first-order valence-corrected chi connectivity index (χ1v) is 10.5. The molecule has 2 aliphatic carbocycles. The van der Waals surface area contributed by atoms with Crippen LogP contribution in [-0.4, -0.2) is 24.3 Å². The number of rotatable bonds is 7. The molecule has 1 aromatic carbocycles. The van der Waals surface area contributed by atoms with E-state index < -0.39 is 0 Å². The first-order chi connectivity index (χ1) is 13.1. The molecule has 4 rings (SSSR count). The third-order valence-electron chi connectivity index (χ3n) is 6.58. The van der Waals surface area contributed by atoms with Crippen LogP contribution >= 0.6 is 0 Å². The van der Waals surface area contributed by atoms with Crippen molar-refractivity contribution in [1.82, 2.24) is 0 Å². The maximum absolute atomic E-state index is 12.7. The molecule has 4 nitrogen and oxygen atoms in total. The lowest BCUT2D eigenvalue weighted by atomic mass is 9.88. The van der Waals surface area contributed by atoms with Gasteiger partial charge in [0, 0.05) is 18.7 Å². The molecule has 0 saturated heterocycles. The summed E-state index contributed by atoms with van der Waals surface area (Å²) in [6, 6.07) is 7.78. The van der Waals surface area contributed by atoms with Crippen molar-refractivity contribution >= 4 is 17.4 Å². The van der Waals surface area contributed by atoms with Crippen LogP contribution in [0.15, 0.2) is 36.4 Å². The van der Waals surface area contributed by atoms with E-state index in [1.807, 2.05) is 29.2 Å².